The van der Waals surface area contributed by atoms with E-state index >= 15 is 0 Å². The van der Waals surface area contributed by atoms with E-state index in [0.717, 1.165) is 36.4 Å². The van der Waals surface area contributed by atoms with E-state index in [1.54, 1.807) is 0 Å². The number of imide groups is 1. The SMILES string of the molecule is O=C(O)c1c(F)ccc2c1OB(O)[C@@H](NC(=O)C(NC(=O)N1CCN(C3CN(C(=O)c4ccc(O)c(O)c4Cl)C3)C(=O)C1=O)c1ccc(P(=O)(O)O)cc1)C2. The van der Waals surface area contributed by atoms with Crippen LogP contribution in [0.15, 0.2) is 48.5 Å². The molecule has 3 aliphatic rings. The fraction of sp³-hybridized carbons (Fsp3) is 0.250. The molecule has 0 radical (unpaired) electrons. The van der Waals surface area contributed by atoms with E-state index in [0.29, 0.717) is 4.90 Å². The van der Waals surface area contributed by atoms with Gasteiger partial charge in [-0.25, -0.2) is 14.0 Å². The second-order valence-electron chi connectivity index (χ2n) is 12.7. The van der Waals surface area contributed by atoms with E-state index in [4.69, 9.17) is 16.3 Å². The average molecular weight is 804 g/mol. The number of carbonyl (C=O) groups is 6. The number of hydrogen-bond donors (Lipinski definition) is 8. The topological polar surface area (TPSA) is 284 Å². The number of hydrogen-bond acceptors (Lipinski definition) is 11. The number of aromatic hydroxyl groups is 2. The van der Waals surface area contributed by atoms with Crippen LogP contribution in [0.5, 0.6) is 17.2 Å². The number of carboxylic acids is 1. The molecule has 0 aliphatic carbocycles. The molecular formula is C32H29BClFN5O14P. The molecule has 2 fully saturated rings. The molecule has 3 aliphatic heterocycles. The van der Waals surface area contributed by atoms with Crippen LogP contribution in [0.3, 0.4) is 0 Å². The quantitative estimate of drug-likeness (QED) is 0.0616. The fourth-order valence-electron chi connectivity index (χ4n) is 6.29. The third kappa shape index (κ3) is 7.52. The van der Waals surface area contributed by atoms with Crippen LogP contribution in [0.1, 0.15) is 37.9 Å². The van der Waals surface area contributed by atoms with Gasteiger partial charge in [0.05, 0.1) is 27.9 Å². The molecule has 6 rings (SSSR count). The van der Waals surface area contributed by atoms with Crippen LogP contribution >= 0.6 is 19.2 Å². The van der Waals surface area contributed by atoms with Crippen molar-refractivity contribution in [1.29, 1.82) is 0 Å². The maximum Gasteiger partial charge on any atom is 0.547 e. The number of carboxylic acid groups (broad SMARTS) is 1. The van der Waals surface area contributed by atoms with Gasteiger partial charge in [-0.15, -0.1) is 0 Å². The molecule has 0 saturated carbocycles. The van der Waals surface area contributed by atoms with Gasteiger partial charge in [0.15, 0.2) is 11.5 Å². The standard InChI is InChI=1S/C32H29BClFN5O14P/c34-23-18(6-8-20(41)25(23)42)28(44)38-12-16(13-38)39-9-10-40(30(46)29(39)45)32(49)37-24(14-1-4-17(5-2-14)55(51,52)53)27(43)36-21-11-15-3-7-19(35)22(31(47)48)26(15)54-33(21)50/h1-8,16,21,24,41-42,50H,9-13H2,(H,36,43)(H,37,49)(H,47,48)(H2,51,52,53)/t21-,24?/m0/s1. The molecular weight excluding hydrogens is 775 g/mol. The molecule has 1 unspecified atom stereocenters. The van der Waals surface area contributed by atoms with E-state index in [1.165, 1.54) is 21.9 Å². The highest BCUT2D eigenvalue weighted by Gasteiger charge is 2.46. The van der Waals surface area contributed by atoms with Gasteiger partial charge in [0.25, 0.3) is 5.91 Å². The normalized spacial score (nSPS) is 17.9. The van der Waals surface area contributed by atoms with E-state index in [9.17, 15) is 67.9 Å². The average Bonchev–Trinajstić information content (AvgIpc) is 3.10. The van der Waals surface area contributed by atoms with Gasteiger partial charge in [-0.1, -0.05) is 29.8 Å². The van der Waals surface area contributed by atoms with Gasteiger partial charge in [-0.05, 0) is 47.9 Å². The van der Waals surface area contributed by atoms with E-state index < -0.39 is 102 Å². The van der Waals surface area contributed by atoms with E-state index in [2.05, 4.69) is 10.6 Å². The number of piperazine rings is 1. The number of aromatic carboxylic acids is 1. The zero-order valence-corrected chi connectivity index (χ0v) is 29.6. The Hall–Kier alpha value is -5.73. The summed E-state index contributed by atoms with van der Waals surface area (Å²) in [6.07, 6.45) is -0.260. The summed E-state index contributed by atoms with van der Waals surface area (Å²) in [4.78, 5) is 100. The maximum atomic E-state index is 14.2. The van der Waals surface area contributed by atoms with Crippen LogP contribution in [-0.4, -0.2) is 126 Å². The van der Waals surface area contributed by atoms with E-state index in [1.807, 2.05) is 0 Å². The molecule has 55 heavy (non-hydrogen) atoms. The molecule has 3 heterocycles. The lowest BCUT2D eigenvalue weighted by Crippen LogP contribution is -2.68. The first-order valence-electron chi connectivity index (χ1n) is 16.2. The molecule has 0 spiro atoms. The van der Waals surface area contributed by atoms with Gasteiger partial charge < -0.3 is 55.2 Å². The molecule has 288 valence electrons. The summed E-state index contributed by atoms with van der Waals surface area (Å²) in [7, 11) is -6.63. The van der Waals surface area contributed by atoms with Crippen LogP contribution in [0.2, 0.25) is 5.02 Å². The van der Waals surface area contributed by atoms with Crippen LogP contribution in [0.25, 0.3) is 0 Å². The molecule has 2 atom stereocenters. The van der Waals surface area contributed by atoms with Gasteiger partial charge in [0.2, 0.25) is 5.91 Å². The van der Waals surface area contributed by atoms with Crippen molar-refractivity contribution in [1.82, 2.24) is 25.3 Å². The van der Waals surface area contributed by atoms with Crippen molar-refractivity contribution in [3.05, 3.63) is 81.6 Å². The zero-order chi connectivity index (χ0) is 40.1. The molecule has 0 aromatic heterocycles. The van der Waals surface area contributed by atoms with Crippen LogP contribution in [0, 0.1) is 5.82 Å². The Morgan fingerprint density at radius 1 is 0.982 bits per heavy atom. The molecule has 2 saturated heterocycles. The highest BCUT2D eigenvalue weighted by Crippen LogP contribution is 2.37. The number of rotatable bonds is 8. The van der Waals surface area contributed by atoms with Crippen molar-refractivity contribution < 1.29 is 72.5 Å². The predicted molar refractivity (Wildman–Crippen MR) is 185 cm³/mol. The number of benzene rings is 3. The van der Waals surface area contributed by atoms with Gasteiger partial charge in [-0.3, -0.25) is 28.6 Å². The first-order chi connectivity index (χ1) is 25.9. The molecule has 23 heteroatoms. The van der Waals surface area contributed by atoms with Crippen LogP contribution in [0.4, 0.5) is 9.18 Å². The number of phenolic OH excluding ortho intramolecular Hbond substituents is 2. The fourth-order valence-corrected chi connectivity index (χ4v) is 7.07. The van der Waals surface area contributed by atoms with Gasteiger partial charge >= 0.3 is 38.5 Å². The van der Waals surface area contributed by atoms with Crippen molar-refractivity contribution in [3.8, 4) is 17.2 Å². The molecule has 0 bridgehead atoms. The minimum Gasteiger partial charge on any atom is -0.534 e. The molecule has 6 amide bonds. The summed E-state index contributed by atoms with van der Waals surface area (Å²) in [5.74, 6) is -9.76. The third-order valence-electron chi connectivity index (χ3n) is 9.26. The summed E-state index contributed by atoms with van der Waals surface area (Å²) in [6, 6.07) is 5.03. The summed E-state index contributed by atoms with van der Waals surface area (Å²) in [5, 5.41) is 43.5. The Bertz CT molecular complexity index is 2190. The number of phenols is 2. The molecule has 19 nitrogen and oxygen atoms in total. The summed E-state index contributed by atoms with van der Waals surface area (Å²) < 4.78 is 31.2. The van der Waals surface area contributed by atoms with Crippen molar-refractivity contribution in [2.45, 2.75) is 24.4 Å². The number of halogens is 2. The largest absolute Gasteiger partial charge is 0.547 e. The number of carbonyl (C=O) groups excluding carboxylic acids is 5. The Morgan fingerprint density at radius 2 is 1.65 bits per heavy atom. The van der Waals surface area contributed by atoms with Gasteiger partial charge in [-0.2, -0.15) is 0 Å². The maximum absolute atomic E-state index is 14.2. The Balaban J connectivity index is 1.15. The first kappa shape index (κ1) is 39.0. The molecule has 3 aromatic carbocycles. The highest BCUT2D eigenvalue weighted by molar-refractivity contribution is 7.60. The Morgan fingerprint density at radius 3 is 2.29 bits per heavy atom. The first-order valence-corrected chi connectivity index (χ1v) is 18.1. The lowest BCUT2D eigenvalue weighted by Gasteiger charge is -2.47. The number of urea groups is 1. The zero-order valence-electron chi connectivity index (χ0n) is 28.0. The van der Waals surface area contributed by atoms with Gasteiger partial charge in [0.1, 0.15) is 23.2 Å². The Kier molecular flexibility index (Phi) is 10.5. The smallest absolute Gasteiger partial charge is 0.534 e. The third-order valence-corrected chi connectivity index (χ3v) is 10.6. The minimum atomic E-state index is -4.73. The van der Waals surface area contributed by atoms with Crippen molar-refractivity contribution in [3.63, 3.8) is 0 Å². The number of nitrogens with zero attached hydrogens (tertiary/aromatic N) is 3. The monoisotopic (exact) mass is 803 g/mol. The van der Waals surface area contributed by atoms with Crippen LogP contribution in [-0.2, 0) is 25.4 Å². The van der Waals surface area contributed by atoms with Crippen LogP contribution < -0.4 is 20.6 Å². The van der Waals surface area contributed by atoms with Crippen molar-refractivity contribution in [2.75, 3.05) is 26.2 Å². The minimum absolute atomic E-state index is 0.0252. The van der Waals surface area contributed by atoms with Crippen molar-refractivity contribution >= 4 is 67.2 Å². The lowest BCUT2D eigenvalue weighted by atomic mass is 9.72. The molecule has 8 N–H and O–H groups in total. The number of likely N-dealkylation sites (tertiary alicyclic amines) is 1. The summed E-state index contributed by atoms with van der Waals surface area (Å²) >= 11 is 5.99. The molecule has 3 aromatic rings. The Labute approximate surface area is 314 Å². The van der Waals surface area contributed by atoms with Crippen molar-refractivity contribution in [2.24, 2.45) is 0 Å². The highest BCUT2D eigenvalue weighted by atomic mass is 35.5. The number of nitrogens with one attached hydrogen (secondary N) is 2. The summed E-state index contributed by atoms with van der Waals surface area (Å²) in [6.45, 7) is -0.563. The predicted octanol–water partition coefficient (Wildman–Crippen LogP) is -0.523. The number of amides is 6. The van der Waals surface area contributed by atoms with E-state index in [-0.39, 0.29) is 54.3 Å². The second-order valence-corrected chi connectivity index (χ2v) is 14.7. The lowest BCUT2D eigenvalue weighted by molar-refractivity contribution is -0.157. The van der Waals surface area contributed by atoms with Gasteiger partial charge in [0, 0.05) is 26.2 Å². The number of fused-ring (bicyclic) bond motifs is 1. The second kappa shape index (κ2) is 14.8. The summed E-state index contributed by atoms with van der Waals surface area (Å²) in [5.41, 5.74) is -0.875.